The lowest BCUT2D eigenvalue weighted by atomic mass is 9.97. The second-order valence-corrected chi connectivity index (χ2v) is 10.4. The number of rotatable bonds is 4. The number of Topliss-reactive ketones (excluding diaryl/α,β-unsaturated/α-hetero) is 1. The molecule has 0 radical (unpaired) electrons. The molecule has 1 amide bonds. The minimum atomic E-state index is -0.882. The molecule has 0 spiro atoms. The van der Waals surface area contributed by atoms with Gasteiger partial charge in [-0.15, -0.1) is 11.3 Å². The molecule has 1 saturated heterocycles. The standard InChI is InChI=1S/C25H17N3O6S2/c29-22(14-5-8-17-13(11-14)3-1-9-34-17)20-21(18-4-2-10-35-18)27(24(31)23(20)30)25-26-16-7-6-15(28(32)33)12-19(16)36-25/h2,4-8,10-12,21,29H,1,3,9H2/b22-20+. The van der Waals surface area contributed by atoms with Gasteiger partial charge in [0.1, 0.15) is 17.6 Å². The lowest BCUT2D eigenvalue weighted by molar-refractivity contribution is -0.384. The number of nitro groups is 1. The molecule has 11 heteroatoms. The number of ketones is 1. The van der Waals surface area contributed by atoms with Crippen molar-refractivity contribution in [3.05, 3.63) is 85.6 Å². The average Bonchev–Trinajstić information content (AvgIpc) is 3.61. The van der Waals surface area contributed by atoms with Crippen molar-refractivity contribution in [1.29, 1.82) is 0 Å². The molecule has 2 aliphatic rings. The predicted octanol–water partition coefficient (Wildman–Crippen LogP) is 5.22. The number of aryl methyl sites for hydroxylation is 1. The topological polar surface area (TPSA) is 123 Å². The van der Waals surface area contributed by atoms with Crippen LogP contribution in [0.25, 0.3) is 16.0 Å². The fourth-order valence-electron chi connectivity index (χ4n) is 4.53. The van der Waals surface area contributed by atoms with Gasteiger partial charge in [0.15, 0.2) is 5.13 Å². The highest BCUT2D eigenvalue weighted by Crippen LogP contribution is 2.46. The van der Waals surface area contributed by atoms with Gasteiger partial charge in [0.05, 0.1) is 27.3 Å². The van der Waals surface area contributed by atoms with Gasteiger partial charge in [0.2, 0.25) is 0 Å². The Morgan fingerprint density at radius 3 is 2.83 bits per heavy atom. The van der Waals surface area contributed by atoms with Crippen LogP contribution in [0.5, 0.6) is 5.75 Å². The minimum absolute atomic E-state index is 0.0237. The van der Waals surface area contributed by atoms with Crippen LogP contribution in [0.4, 0.5) is 10.8 Å². The first-order chi connectivity index (χ1) is 17.4. The molecule has 9 nitrogen and oxygen atoms in total. The van der Waals surface area contributed by atoms with E-state index in [4.69, 9.17) is 4.74 Å². The number of anilines is 1. The Morgan fingerprint density at radius 1 is 1.19 bits per heavy atom. The van der Waals surface area contributed by atoms with E-state index >= 15 is 0 Å². The van der Waals surface area contributed by atoms with E-state index in [2.05, 4.69) is 4.98 Å². The Kier molecular flexibility index (Phi) is 5.31. The van der Waals surface area contributed by atoms with Gasteiger partial charge in [0.25, 0.3) is 11.5 Å². The molecule has 0 bridgehead atoms. The van der Waals surface area contributed by atoms with E-state index in [0.29, 0.717) is 27.3 Å². The second-order valence-electron chi connectivity index (χ2n) is 8.36. The molecule has 1 unspecified atom stereocenters. The van der Waals surface area contributed by atoms with Crippen molar-refractivity contribution in [2.45, 2.75) is 18.9 Å². The largest absolute Gasteiger partial charge is 0.507 e. The van der Waals surface area contributed by atoms with Gasteiger partial charge < -0.3 is 9.84 Å². The molecule has 2 aromatic carbocycles. The molecule has 6 rings (SSSR count). The van der Waals surface area contributed by atoms with Crippen LogP contribution in [-0.2, 0) is 16.0 Å². The Bertz CT molecular complexity index is 1590. The van der Waals surface area contributed by atoms with E-state index in [9.17, 15) is 24.8 Å². The van der Waals surface area contributed by atoms with Gasteiger partial charge in [-0.25, -0.2) is 4.98 Å². The van der Waals surface area contributed by atoms with Gasteiger partial charge in [-0.1, -0.05) is 17.4 Å². The van der Waals surface area contributed by atoms with E-state index in [0.717, 1.165) is 35.5 Å². The molecular formula is C25H17N3O6S2. The lowest BCUT2D eigenvalue weighted by Gasteiger charge is -2.22. The zero-order chi connectivity index (χ0) is 25.0. The summed E-state index contributed by atoms with van der Waals surface area (Å²) in [4.78, 5) is 43.8. The summed E-state index contributed by atoms with van der Waals surface area (Å²) in [5.41, 5.74) is 1.72. The maximum absolute atomic E-state index is 13.3. The molecule has 1 atom stereocenters. The van der Waals surface area contributed by atoms with Crippen LogP contribution < -0.4 is 9.64 Å². The first-order valence-electron chi connectivity index (χ1n) is 11.1. The number of thiophene rings is 1. The number of nitrogens with zero attached hydrogens (tertiary/aromatic N) is 3. The summed E-state index contributed by atoms with van der Waals surface area (Å²) in [5, 5.41) is 24.6. The molecule has 0 aliphatic carbocycles. The number of nitro benzene ring substituents is 1. The summed E-state index contributed by atoms with van der Waals surface area (Å²) in [6.07, 6.45) is 1.64. The summed E-state index contributed by atoms with van der Waals surface area (Å²) < 4.78 is 6.17. The van der Waals surface area contributed by atoms with E-state index in [1.807, 2.05) is 5.38 Å². The highest BCUT2D eigenvalue weighted by Gasteiger charge is 2.48. The highest BCUT2D eigenvalue weighted by atomic mass is 32.1. The predicted molar refractivity (Wildman–Crippen MR) is 136 cm³/mol. The fraction of sp³-hybridized carbons (Fsp3) is 0.160. The Labute approximate surface area is 212 Å². The Hall–Kier alpha value is -4.09. The number of hydrogen-bond donors (Lipinski definition) is 1. The summed E-state index contributed by atoms with van der Waals surface area (Å²) in [6.45, 7) is 0.632. The third-order valence-electron chi connectivity index (χ3n) is 6.22. The first kappa shape index (κ1) is 22.4. The molecular weight excluding hydrogens is 502 g/mol. The van der Waals surface area contributed by atoms with Gasteiger partial charge in [-0.2, -0.15) is 0 Å². The molecule has 1 N–H and O–H groups in total. The molecule has 36 heavy (non-hydrogen) atoms. The van der Waals surface area contributed by atoms with Gasteiger partial charge in [0, 0.05) is 22.6 Å². The number of non-ortho nitro benzene ring substituents is 1. The molecule has 2 aromatic heterocycles. The molecule has 4 heterocycles. The number of benzene rings is 2. The van der Waals surface area contributed by atoms with Crippen LogP contribution >= 0.6 is 22.7 Å². The third kappa shape index (κ3) is 3.55. The number of amides is 1. The summed E-state index contributed by atoms with van der Waals surface area (Å²) in [7, 11) is 0. The van der Waals surface area contributed by atoms with Crippen molar-refractivity contribution in [2.75, 3.05) is 11.5 Å². The quantitative estimate of drug-likeness (QED) is 0.129. The van der Waals surface area contributed by atoms with E-state index < -0.39 is 22.7 Å². The fourth-order valence-corrected chi connectivity index (χ4v) is 6.38. The SMILES string of the molecule is O=C1C(=O)N(c2nc3ccc([N+](=O)[O-])cc3s2)C(c2cccs2)/C1=C(\O)c1ccc2c(c1)CCCO2. The molecule has 0 saturated carbocycles. The van der Waals surface area contributed by atoms with Crippen LogP contribution in [0.3, 0.4) is 0 Å². The number of aliphatic hydroxyl groups excluding tert-OH is 1. The van der Waals surface area contributed by atoms with Crippen molar-refractivity contribution >= 4 is 61.2 Å². The molecule has 2 aliphatic heterocycles. The number of thiazole rings is 1. The zero-order valence-electron chi connectivity index (χ0n) is 18.5. The number of fused-ring (bicyclic) bond motifs is 2. The average molecular weight is 520 g/mol. The molecule has 180 valence electrons. The number of aromatic nitrogens is 1. The number of ether oxygens (including phenoxy) is 1. The van der Waals surface area contributed by atoms with Crippen LogP contribution in [-0.4, -0.2) is 33.3 Å². The Morgan fingerprint density at radius 2 is 2.06 bits per heavy atom. The summed E-state index contributed by atoms with van der Waals surface area (Å²) >= 11 is 2.43. The molecule has 4 aromatic rings. The minimum Gasteiger partial charge on any atom is -0.507 e. The van der Waals surface area contributed by atoms with Crippen LogP contribution in [0, 0.1) is 10.1 Å². The van der Waals surface area contributed by atoms with Crippen molar-refractivity contribution in [2.24, 2.45) is 0 Å². The van der Waals surface area contributed by atoms with Crippen molar-refractivity contribution in [3.8, 4) is 5.75 Å². The Balaban J connectivity index is 1.50. The van der Waals surface area contributed by atoms with Crippen molar-refractivity contribution < 1.29 is 24.4 Å². The summed E-state index contributed by atoms with van der Waals surface area (Å²) in [5.74, 6) is -1.15. The van der Waals surface area contributed by atoms with E-state index in [1.165, 1.54) is 34.4 Å². The van der Waals surface area contributed by atoms with Crippen LogP contribution in [0.1, 0.15) is 28.5 Å². The van der Waals surface area contributed by atoms with Gasteiger partial charge in [-0.3, -0.25) is 24.6 Å². The van der Waals surface area contributed by atoms with Crippen LogP contribution in [0.2, 0.25) is 0 Å². The smallest absolute Gasteiger partial charge is 0.301 e. The van der Waals surface area contributed by atoms with Crippen LogP contribution in [0.15, 0.2) is 59.5 Å². The van der Waals surface area contributed by atoms with Crippen molar-refractivity contribution in [1.82, 2.24) is 4.98 Å². The van der Waals surface area contributed by atoms with Gasteiger partial charge in [-0.05, 0) is 54.1 Å². The molecule has 1 fully saturated rings. The van der Waals surface area contributed by atoms with Gasteiger partial charge >= 0.3 is 5.91 Å². The normalized spacial score (nSPS) is 18.9. The number of carbonyl (C=O) groups excluding carboxylic acids is 2. The second kappa shape index (κ2) is 8.54. The maximum Gasteiger partial charge on any atom is 0.301 e. The van der Waals surface area contributed by atoms with E-state index in [1.54, 1.807) is 30.3 Å². The summed E-state index contributed by atoms with van der Waals surface area (Å²) in [6, 6.07) is 12.2. The van der Waals surface area contributed by atoms with E-state index in [-0.39, 0.29) is 22.2 Å². The maximum atomic E-state index is 13.3. The first-order valence-corrected chi connectivity index (χ1v) is 12.8. The number of carbonyl (C=O) groups is 2. The highest BCUT2D eigenvalue weighted by molar-refractivity contribution is 7.22. The van der Waals surface area contributed by atoms with Crippen molar-refractivity contribution in [3.63, 3.8) is 0 Å². The zero-order valence-corrected chi connectivity index (χ0v) is 20.2. The monoisotopic (exact) mass is 519 g/mol. The number of hydrogen-bond acceptors (Lipinski definition) is 9. The third-order valence-corrected chi connectivity index (χ3v) is 8.16. The lowest BCUT2D eigenvalue weighted by Crippen LogP contribution is -2.28. The number of aliphatic hydroxyl groups is 1.